The van der Waals surface area contributed by atoms with Gasteiger partial charge < -0.3 is 14.8 Å². The number of benzene rings is 3. The molecule has 136 valence electrons. The largest absolute Gasteiger partial charge is 0.456 e. The summed E-state index contributed by atoms with van der Waals surface area (Å²) in [5.41, 5.74) is 0.866. The molecule has 0 saturated carbocycles. The summed E-state index contributed by atoms with van der Waals surface area (Å²) in [6.45, 7) is -0.394. The second kappa shape index (κ2) is 9.00. The highest BCUT2D eigenvalue weighted by Gasteiger charge is 2.16. The van der Waals surface area contributed by atoms with E-state index in [4.69, 9.17) is 9.47 Å². The van der Waals surface area contributed by atoms with Gasteiger partial charge in [-0.3, -0.25) is 4.79 Å². The van der Waals surface area contributed by atoms with Gasteiger partial charge in [0, 0.05) is 10.2 Å². The second-order valence-corrected chi connectivity index (χ2v) is 6.46. The van der Waals surface area contributed by atoms with E-state index >= 15 is 0 Å². The van der Waals surface area contributed by atoms with Crippen molar-refractivity contribution in [2.45, 2.75) is 0 Å². The van der Waals surface area contributed by atoms with Crippen molar-refractivity contribution in [3.63, 3.8) is 0 Å². The van der Waals surface area contributed by atoms with Crippen molar-refractivity contribution in [2.75, 3.05) is 11.9 Å². The van der Waals surface area contributed by atoms with E-state index in [9.17, 15) is 9.59 Å². The number of amides is 1. The third kappa shape index (κ3) is 5.43. The Morgan fingerprint density at radius 3 is 2.26 bits per heavy atom. The summed E-state index contributed by atoms with van der Waals surface area (Å²) in [7, 11) is 0. The van der Waals surface area contributed by atoms with Crippen LogP contribution < -0.4 is 10.1 Å². The molecular weight excluding hydrogens is 410 g/mol. The van der Waals surface area contributed by atoms with Crippen LogP contribution in [-0.4, -0.2) is 18.5 Å². The molecule has 1 N–H and O–H groups in total. The van der Waals surface area contributed by atoms with Gasteiger partial charge in [0.2, 0.25) is 0 Å². The average molecular weight is 426 g/mol. The normalized spacial score (nSPS) is 10.1. The Labute approximate surface area is 165 Å². The maximum Gasteiger partial charge on any atom is 0.342 e. The zero-order chi connectivity index (χ0) is 19.1. The minimum atomic E-state index is -0.632. The van der Waals surface area contributed by atoms with Crippen LogP contribution in [0.25, 0.3) is 0 Å². The highest BCUT2D eigenvalue weighted by molar-refractivity contribution is 9.10. The van der Waals surface area contributed by atoms with Gasteiger partial charge in [0.25, 0.3) is 5.91 Å². The SMILES string of the molecule is O=C(COC(=O)c1ccccc1Oc1ccccc1)Nc1ccc(Br)cc1. The van der Waals surface area contributed by atoms with Crippen molar-refractivity contribution in [3.8, 4) is 11.5 Å². The number of carbonyl (C=O) groups is 2. The molecule has 0 radical (unpaired) electrons. The van der Waals surface area contributed by atoms with Gasteiger partial charge in [-0.05, 0) is 48.5 Å². The lowest BCUT2D eigenvalue weighted by atomic mass is 10.2. The molecule has 3 aromatic carbocycles. The van der Waals surface area contributed by atoms with Gasteiger partial charge >= 0.3 is 5.97 Å². The predicted molar refractivity (Wildman–Crippen MR) is 106 cm³/mol. The quantitative estimate of drug-likeness (QED) is 0.562. The number of halogens is 1. The van der Waals surface area contributed by atoms with Crippen molar-refractivity contribution < 1.29 is 19.1 Å². The third-order valence-corrected chi connectivity index (χ3v) is 4.07. The molecule has 0 aliphatic rings. The third-order valence-electron chi connectivity index (χ3n) is 3.54. The molecule has 3 rings (SSSR count). The number of ether oxygens (including phenoxy) is 2. The van der Waals surface area contributed by atoms with Crippen LogP contribution in [0, 0.1) is 0 Å². The Morgan fingerprint density at radius 1 is 0.852 bits per heavy atom. The minimum Gasteiger partial charge on any atom is -0.456 e. The molecule has 0 spiro atoms. The topological polar surface area (TPSA) is 64.6 Å². The standard InChI is InChI=1S/C21H16BrNO4/c22-15-10-12-16(13-11-15)23-20(24)14-26-21(25)18-8-4-5-9-19(18)27-17-6-2-1-3-7-17/h1-13H,14H2,(H,23,24). The number of nitrogens with one attached hydrogen (secondary N) is 1. The first-order valence-electron chi connectivity index (χ1n) is 8.16. The molecule has 0 heterocycles. The van der Waals surface area contributed by atoms with Crippen molar-refractivity contribution in [3.05, 3.63) is 88.9 Å². The van der Waals surface area contributed by atoms with Gasteiger partial charge in [0.15, 0.2) is 6.61 Å². The Bertz CT molecular complexity index is 926. The molecular formula is C21H16BrNO4. The van der Waals surface area contributed by atoms with Gasteiger partial charge in [-0.2, -0.15) is 0 Å². The van der Waals surface area contributed by atoms with Crippen LogP contribution in [0.1, 0.15) is 10.4 Å². The fourth-order valence-electron chi connectivity index (χ4n) is 2.28. The second-order valence-electron chi connectivity index (χ2n) is 5.54. The molecule has 0 aliphatic heterocycles. The van der Waals surface area contributed by atoms with Gasteiger partial charge in [-0.25, -0.2) is 4.79 Å². The molecule has 0 aromatic heterocycles. The summed E-state index contributed by atoms with van der Waals surface area (Å²) in [5, 5.41) is 2.66. The fourth-order valence-corrected chi connectivity index (χ4v) is 2.54. The molecule has 0 fully saturated rings. The first-order chi connectivity index (χ1) is 13.1. The number of esters is 1. The van der Waals surface area contributed by atoms with Crippen LogP contribution in [0.3, 0.4) is 0 Å². The number of anilines is 1. The number of hydrogen-bond donors (Lipinski definition) is 1. The van der Waals surface area contributed by atoms with E-state index in [0.717, 1.165) is 4.47 Å². The molecule has 5 nitrogen and oxygen atoms in total. The summed E-state index contributed by atoms with van der Waals surface area (Å²) in [4.78, 5) is 24.3. The van der Waals surface area contributed by atoms with Gasteiger partial charge in [0.05, 0.1) is 0 Å². The van der Waals surface area contributed by atoms with Crippen LogP contribution in [-0.2, 0) is 9.53 Å². The van der Waals surface area contributed by atoms with E-state index in [1.54, 1.807) is 60.7 Å². The summed E-state index contributed by atoms with van der Waals surface area (Å²) in [6.07, 6.45) is 0. The van der Waals surface area contributed by atoms with E-state index in [1.165, 1.54) is 0 Å². The monoisotopic (exact) mass is 425 g/mol. The van der Waals surface area contributed by atoms with Crippen molar-refractivity contribution in [1.29, 1.82) is 0 Å². The minimum absolute atomic E-state index is 0.248. The Kier molecular flexibility index (Phi) is 6.22. The lowest BCUT2D eigenvalue weighted by molar-refractivity contribution is -0.119. The Hall–Kier alpha value is -3.12. The molecule has 3 aromatic rings. The molecule has 6 heteroatoms. The maximum atomic E-state index is 12.4. The molecule has 0 aliphatic carbocycles. The van der Waals surface area contributed by atoms with Gasteiger partial charge in [-0.1, -0.05) is 46.3 Å². The molecule has 0 bridgehead atoms. The van der Waals surface area contributed by atoms with Gasteiger partial charge in [-0.15, -0.1) is 0 Å². The van der Waals surface area contributed by atoms with Crippen LogP contribution in [0.5, 0.6) is 11.5 Å². The van der Waals surface area contributed by atoms with E-state index in [-0.39, 0.29) is 5.56 Å². The van der Waals surface area contributed by atoms with E-state index < -0.39 is 18.5 Å². The summed E-state index contributed by atoms with van der Waals surface area (Å²) < 4.78 is 11.8. The zero-order valence-electron chi connectivity index (χ0n) is 14.2. The number of rotatable bonds is 6. The highest BCUT2D eigenvalue weighted by Crippen LogP contribution is 2.25. The number of para-hydroxylation sites is 2. The maximum absolute atomic E-state index is 12.4. The van der Waals surface area contributed by atoms with Crippen LogP contribution in [0.15, 0.2) is 83.3 Å². The summed E-state index contributed by atoms with van der Waals surface area (Å²) in [5.74, 6) is -0.0904. The number of hydrogen-bond acceptors (Lipinski definition) is 4. The predicted octanol–water partition coefficient (Wildman–Crippen LogP) is 5.04. The van der Waals surface area contributed by atoms with E-state index in [0.29, 0.717) is 17.2 Å². The van der Waals surface area contributed by atoms with Crippen molar-refractivity contribution >= 4 is 33.5 Å². The zero-order valence-corrected chi connectivity index (χ0v) is 15.8. The molecule has 27 heavy (non-hydrogen) atoms. The lowest BCUT2D eigenvalue weighted by Crippen LogP contribution is -2.21. The van der Waals surface area contributed by atoms with Crippen LogP contribution >= 0.6 is 15.9 Å². The molecule has 0 saturated heterocycles. The van der Waals surface area contributed by atoms with Crippen molar-refractivity contribution in [2.24, 2.45) is 0 Å². The lowest BCUT2D eigenvalue weighted by Gasteiger charge is -2.11. The summed E-state index contributed by atoms with van der Waals surface area (Å²) in [6, 6.07) is 22.9. The number of carbonyl (C=O) groups excluding carboxylic acids is 2. The summed E-state index contributed by atoms with van der Waals surface area (Å²) >= 11 is 3.32. The molecule has 1 amide bonds. The van der Waals surface area contributed by atoms with E-state index in [2.05, 4.69) is 21.2 Å². The Morgan fingerprint density at radius 2 is 1.52 bits per heavy atom. The van der Waals surface area contributed by atoms with Gasteiger partial charge in [0.1, 0.15) is 17.1 Å². The Balaban J connectivity index is 1.61. The van der Waals surface area contributed by atoms with Crippen molar-refractivity contribution in [1.82, 2.24) is 0 Å². The first kappa shape index (κ1) is 18.7. The molecule has 0 unspecified atom stereocenters. The molecule has 0 atom stereocenters. The van der Waals surface area contributed by atoms with Crippen LogP contribution in [0.2, 0.25) is 0 Å². The average Bonchev–Trinajstić information content (AvgIpc) is 2.69. The van der Waals surface area contributed by atoms with Crippen LogP contribution in [0.4, 0.5) is 5.69 Å². The fraction of sp³-hybridized carbons (Fsp3) is 0.0476. The smallest absolute Gasteiger partial charge is 0.342 e. The first-order valence-corrected chi connectivity index (χ1v) is 8.95. The van der Waals surface area contributed by atoms with E-state index in [1.807, 2.05) is 18.2 Å². The highest BCUT2D eigenvalue weighted by atomic mass is 79.9.